The van der Waals surface area contributed by atoms with Crippen molar-refractivity contribution in [2.75, 3.05) is 38.2 Å². The third-order valence-corrected chi connectivity index (χ3v) is 4.92. The Balaban J connectivity index is 2.31. The van der Waals surface area contributed by atoms with Gasteiger partial charge < -0.3 is 15.4 Å². The van der Waals surface area contributed by atoms with Crippen LogP contribution in [0.3, 0.4) is 0 Å². The number of carbonyl (C=O) groups is 1. The fraction of sp³-hybridized carbons (Fsp3) is 0.917. The van der Waals surface area contributed by atoms with Gasteiger partial charge in [-0.15, -0.1) is 0 Å². The Morgan fingerprint density at radius 1 is 1.47 bits per heavy atom. The maximum absolute atomic E-state index is 11.9. The third kappa shape index (κ3) is 6.35. The zero-order chi connectivity index (χ0) is 14.3. The smallest absolute Gasteiger partial charge is 0.223 e. The molecule has 1 heterocycles. The van der Waals surface area contributed by atoms with Gasteiger partial charge in [-0.3, -0.25) is 4.79 Å². The van der Waals surface area contributed by atoms with Gasteiger partial charge >= 0.3 is 0 Å². The minimum atomic E-state index is -3.21. The lowest BCUT2D eigenvalue weighted by molar-refractivity contribution is -0.129. The molecule has 1 amide bonds. The molecule has 0 radical (unpaired) electrons. The van der Waals surface area contributed by atoms with Crippen molar-refractivity contribution in [2.45, 2.75) is 31.8 Å². The minimum absolute atomic E-state index is 0.0345. The summed E-state index contributed by atoms with van der Waals surface area (Å²) in [6, 6.07) is 0. The number of carbonyl (C=O) groups excluding carboxylic acids is 1. The molecule has 1 fully saturated rings. The molecule has 0 aromatic heterocycles. The molecule has 6 nitrogen and oxygen atoms in total. The van der Waals surface area contributed by atoms with E-state index < -0.39 is 9.84 Å². The lowest BCUT2D eigenvalue weighted by atomic mass is 10.3. The number of amides is 1. The average molecular weight is 292 g/mol. The summed E-state index contributed by atoms with van der Waals surface area (Å²) < 4.78 is 29.0. The largest absolute Gasteiger partial charge is 0.377 e. The van der Waals surface area contributed by atoms with Crippen molar-refractivity contribution in [3.8, 4) is 0 Å². The van der Waals surface area contributed by atoms with Gasteiger partial charge in [0.05, 0.1) is 17.6 Å². The summed E-state index contributed by atoms with van der Waals surface area (Å²) in [6.45, 7) is 1.73. The van der Waals surface area contributed by atoms with Gasteiger partial charge in [0.1, 0.15) is 0 Å². The summed E-state index contributed by atoms with van der Waals surface area (Å²) in [7, 11) is -1.54. The molecule has 112 valence electrons. The van der Waals surface area contributed by atoms with Gasteiger partial charge in [0.15, 0.2) is 9.84 Å². The topological polar surface area (TPSA) is 89.7 Å². The maximum atomic E-state index is 11.9. The monoisotopic (exact) mass is 292 g/mol. The van der Waals surface area contributed by atoms with Crippen LogP contribution in [0.2, 0.25) is 0 Å². The van der Waals surface area contributed by atoms with E-state index in [1.54, 1.807) is 7.05 Å². The van der Waals surface area contributed by atoms with E-state index in [-0.39, 0.29) is 29.9 Å². The molecule has 0 aromatic rings. The first-order valence-electron chi connectivity index (χ1n) is 6.70. The SMILES string of the molecule is CN(CCCN)C(=O)CCS(=O)(=O)CC1CCCO1. The summed E-state index contributed by atoms with van der Waals surface area (Å²) in [5.41, 5.74) is 5.36. The first kappa shape index (κ1) is 16.4. The highest BCUT2D eigenvalue weighted by Gasteiger charge is 2.24. The van der Waals surface area contributed by atoms with Gasteiger partial charge in [0.25, 0.3) is 0 Å². The third-order valence-electron chi connectivity index (χ3n) is 3.21. The molecule has 0 saturated carbocycles. The molecule has 1 aliphatic rings. The highest BCUT2D eigenvalue weighted by Crippen LogP contribution is 2.14. The normalized spacial score (nSPS) is 19.6. The number of nitrogens with zero attached hydrogens (tertiary/aromatic N) is 1. The van der Waals surface area contributed by atoms with Crippen LogP contribution in [-0.2, 0) is 19.4 Å². The van der Waals surface area contributed by atoms with E-state index in [1.165, 1.54) is 4.90 Å². The van der Waals surface area contributed by atoms with Crippen molar-refractivity contribution in [3.05, 3.63) is 0 Å². The highest BCUT2D eigenvalue weighted by atomic mass is 32.2. The van der Waals surface area contributed by atoms with Crippen LogP contribution in [0.5, 0.6) is 0 Å². The van der Waals surface area contributed by atoms with Crippen molar-refractivity contribution in [2.24, 2.45) is 5.73 Å². The van der Waals surface area contributed by atoms with Crippen LogP contribution in [-0.4, -0.2) is 63.6 Å². The summed E-state index contributed by atoms with van der Waals surface area (Å²) >= 11 is 0. The standard InChI is InChI=1S/C12H24N2O4S/c1-14(7-3-6-13)12(15)5-9-19(16,17)10-11-4-2-8-18-11/h11H,2-10,13H2,1H3. The predicted octanol–water partition coefficient (Wildman–Crippen LogP) is -0.222. The van der Waals surface area contributed by atoms with Gasteiger partial charge in [0.2, 0.25) is 5.91 Å². The number of nitrogens with two attached hydrogens (primary N) is 1. The second-order valence-corrected chi connectivity index (χ2v) is 7.19. The summed E-state index contributed by atoms with van der Waals surface area (Å²) in [6.07, 6.45) is 2.29. The van der Waals surface area contributed by atoms with Crippen molar-refractivity contribution >= 4 is 15.7 Å². The molecular weight excluding hydrogens is 268 g/mol. The maximum Gasteiger partial charge on any atom is 0.223 e. The zero-order valence-corrected chi connectivity index (χ0v) is 12.3. The molecule has 0 bridgehead atoms. The van der Waals surface area contributed by atoms with Crippen molar-refractivity contribution in [3.63, 3.8) is 0 Å². The minimum Gasteiger partial charge on any atom is -0.377 e. The number of ether oxygens (including phenoxy) is 1. The number of sulfone groups is 1. The molecule has 1 unspecified atom stereocenters. The van der Waals surface area contributed by atoms with Crippen molar-refractivity contribution in [1.82, 2.24) is 4.90 Å². The summed E-state index contributed by atoms with van der Waals surface area (Å²) in [5, 5.41) is 0. The second kappa shape index (κ2) is 7.81. The van der Waals surface area contributed by atoms with Crippen LogP contribution < -0.4 is 5.73 Å². The Kier molecular flexibility index (Phi) is 6.74. The Hall–Kier alpha value is -0.660. The zero-order valence-electron chi connectivity index (χ0n) is 11.5. The van der Waals surface area contributed by atoms with E-state index in [2.05, 4.69) is 0 Å². The number of hydrogen-bond acceptors (Lipinski definition) is 5. The average Bonchev–Trinajstić information content (AvgIpc) is 2.85. The first-order chi connectivity index (χ1) is 8.94. The molecule has 0 aliphatic carbocycles. The molecule has 0 aromatic carbocycles. The molecule has 1 aliphatic heterocycles. The molecule has 0 spiro atoms. The molecule has 19 heavy (non-hydrogen) atoms. The highest BCUT2D eigenvalue weighted by molar-refractivity contribution is 7.91. The first-order valence-corrected chi connectivity index (χ1v) is 8.53. The molecule has 1 saturated heterocycles. The Bertz CT molecular complexity index is 377. The summed E-state index contributed by atoms with van der Waals surface area (Å²) in [4.78, 5) is 13.3. The molecule has 1 rings (SSSR count). The summed E-state index contributed by atoms with van der Waals surface area (Å²) in [5.74, 6) is -0.213. The Morgan fingerprint density at radius 2 is 2.21 bits per heavy atom. The van der Waals surface area contributed by atoms with Gasteiger partial charge in [-0.25, -0.2) is 8.42 Å². The van der Waals surface area contributed by atoms with Crippen LogP contribution in [0, 0.1) is 0 Å². The van der Waals surface area contributed by atoms with Gasteiger partial charge in [-0.1, -0.05) is 0 Å². The van der Waals surface area contributed by atoms with E-state index in [1.807, 2.05) is 0 Å². The Labute approximate surface area is 115 Å². The number of hydrogen-bond donors (Lipinski definition) is 1. The van der Waals surface area contributed by atoms with E-state index in [4.69, 9.17) is 10.5 Å². The van der Waals surface area contributed by atoms with E-state index in [9.17, 15) is 13.2 Å². The number of rotatable bonds is 8. The predicted molar refractivity (Wildman–Crippen MR) is 73.6 cm³/mol. The van der Waals surface area contributed by atoms with Crippen molar-refractivity contribution in [1.29, 1.82) is 0 Å². The van der Waals surface area contributed by atoms with Crippen LogP contribution in [0.15, 0.2) is 0 Å². The van der Waals surface area contributed by atoms with Crippen LogP contribution >= 0.6 is 0 Å². The second-order valence-electron chi connectivity index (χ2n) is 4.96. The lowest BCUT2D eigenvalue weighted by Gasteiger charge is -2.17. The molecule has 1 atom stereocenters. The lowest BCUT2D eigenvalue weighted by Crippen LogP contribution is -2.31. The van der Waals surface area contributed by atoms with Crippen LogP contribution in [0.25, 0.3) is 0 Å². The van der Waals surface area contributed by atoms with Gasteiger partial charge in [0, 0.05) is 26.6 Å². The Morgan fingerprint density at radius 3 is 2.79 bits per heavy atom. The van der Waals surface area contributed by atoms with Crippen LogP contribution in [0.4, 0.5) is 0 Å². The van der Waals surface area contributed by atoms with Gasteiger partial charge in [-0.2, -0.15) is 0 Å². The van der Waals surface area contributed by atoms with E-state index >= 15 is 0 Å². The van der Waals surface area contributed by atoms with E-state index in [0.29, 0.717) is 19.7 Å². The van der Waals surface area contributed by atoms with E-state index in [0.717, 1.165) is 19.3 Å². The fourth-order valence-electron chi connectivity index (χ4n) is 2.03. The fourth-order valence-corrected chi connectivity index (χ4v) is 3.51. The van der Waals surface area contributed by atoms with Crippen molar-refractivity contribution < 1.29 is 17.9 Å². The van der Waals surface area contributed by atoms with Gasteiger partial charge in [-0.05, 0) is 25.8 Å². The quantitative estimate of drug-likeness (QED) is 0.668. The molecular formula is C12H24N2O4S. The van der Waals surface area contributed by atoms with Crippen LogP contribution in [0.1, 0.15) is 25.7 Å². The molecule has 2 N–H and O–H groups in total. The molecule has 7 heteroatoms.